The van der Waals surface area contributed by atoms with Crippen LogP contribution in [-0.4, -0.2) is 25.1 Å². The maximum Gasteiger partial charge on any atom is 0.341 e. The molecule has 0 unspecified atom stereocenters. The lowest BCUT2D eigenvalue weighted by atomic mass is 10.2. The summed E-state index contributed by atoms with van der Waals surface area (Å²) in [5.41, 5.74) is 1.56. The lowest BCUT2D eigenvalue weighted by Gasteiger charge is -2.10. The van der Waals surface area contributed by atoms with Crippen molar-refractivity contribution in [1.29, 1.82) is 0 Å². The molecule has 0 atom stereocenters. The minimum Gasteiger partial charge on any atom is -0.483 e. The number of aryl methyl sites for hydroxylation is 2. The number of amides is 1. The van der Waals surface area contributed by atoms with Gasteiger partial charge >= 0.3 is 5.97 Å². The zero-order chi connectivity index (χ0) is 19.1. The van der Waals surface area contributed by atoms with Gasteiger partial charge in [0.05, 0.1) is 16.6 Å². The summed E-state index contributed by atoms with van der Waals surface area (Å²) in [6.07, 6.45) is 1.70. The summed E-state index contributed by atoms with van der Waals surface area (Å²) >= 11 is 4.82. The number of ether oxygens (including phenoxy) is 2. The van der Waals surface area contributed by atoms with E-state index in [1.54, 1.807) is 13.0 Å². The largest absolute Gasteiger partial charge is 0.483 e. The summed E-state index contributed by atoms with van der Waals surface area (Å²) in [4.78, 5) is 25.3. The van der Waals surface area contributed by atoms with E-state index in [0.29, 0.717) is 16.3 Å². The van der Waals surface area contributed by atoms with E-state index in [0.717, 1.165) is 22.2 Å². The highest BCUT2D eigenvalue weighted by Gasteiger charge is 2.19. The Morgan fingerprint density at radius 3 is 2.54 bits per heavy atom. The molecule has 7 heteroatoms. The Kier molecular flexibility index (Phi) is 7.66. The van der Waals surface area contributed by atoms with Gasteiger partial charge < -0.3 is 14.8 Å². The average Bonchev–Trinajstić information content (AvgIpc) is 3.03. The van der Waals surface area contributed by atoms with Gasteiger partial charge in [-0.1, -0.05) is 19.9 Å². The molecule has 1 aromatic carbocycles. The van der Waals surface area contributed by atoms with Crippen molar-refractivity contribution >= 4 is 44.1 Å². The normalized spacial score (nSPS) is 10.5. The highest BCUT2D eigenvalue weighted by molar-refractivity contribution is 9.10. The number of nitrogens with one attached hydrogen (secondary N) is 1. The molecule has 2 aromatic rings. The third-order valence-corrected chi connectivity index (χ3v) is 5.46. The summed E-state index contributed by atoms with van der Waals surface area (Å²) in [6, 6.07) is 7.53. The van der Waals surface area contributed by atoms with Gasteiger partial charge in [0.25, 0.3) is 5.91 Å². The highest BCUT2D eigenvalue weighted by atomic mass is 79.9. The second kappa shape index (κ2) is 9.73. The fourth-order valence-electron chi connectivity index (χ4n) is 2.26. The van der Waals surface area contributed by atoms with Crippen molar-refractivity contribution < 1.29 is 19.1 Å². The van der Waals surface area contributed by atoms with Crippen LogP contribution in [0, 0.1) is 0 Å². The predicted octanol–water partition coefficient (Wildman–Crippen LogP) is 4.83. The van der Waals surface area contributed by atoms with E-state index in [9.17, 15) is 9.59 Å². The Morgan fingerprint density at radius 2 is 1.92 bits per heavy atom. The molecule has 1 aromatic heterocycles. The summed E-state index contributed by atoms with van der Waals surface area (Å²) in [5.74, 6) is -0.160. The zero-order valence-corrected chi connectivity index (χ0v) is 17.5. The molecule has 0 saturated carbocycles. The fraction of sp³-hybridized carbons (Fsp3) is 0.368. The SMILES string of the molecule is CCOC(=O)c1cc(CC)sc1NC(=O)COc1ccc(CC)cc1Br. The zero-order valence-electron chi connectivity index (χ0n) is 15.1. The van der Waals surface area contributed by atoms with Gasteiger partial charge in [0.15, 0.2) is 6.61 Å². The molecule has 0 radical (unpaired) electrons. The number of hydrogen-bond acceptors (Lipinski definition) is 5. The van der Waals surface area contributed by atoms with Gasteiger partial charge in [-0.3, -0.25) is 4.79 Å². The van der Waals surface area contributed by atoms with Crippen molar-refractivity contribution in [2.45, 2.75) is 33.6 Å². The van der Waals surface area contributed by atoms with Crippen molar-refractivity contribution in [2.75, 3.05) is 18.5 Å². The van der Waals surface area contributed by atoms with Crippen LogP contribution in [0.25, 0.3) is 0 Å². The van der Waals surface area contributed by atoms with E-state index in [1.165, 1.54) is 16.9 Å². The minimum absolute atomic E-state index is 0.147. The molecule has 0 fully saturated rings. The number of carbonyl (C=O) groups is 2. The minimum atomic E-state index is -0.433. The first-order valence-electron chi connectivity index (χ1n) is 8.49. The molecule has 26 heavy (non-hydrogen) atoms. The maximum atomic E-state index is 12.3. The average molecular weight is 440 g/mol. The van der Waals surface area contributed by atoms with Crippen LogP contribution in [0.5, 0.6) is 5.75 Å². The molecule has 2 rings (SSSR count). The highest BCUT2D eigenvalue weighted by Crippen LogP contribution is 2.30. The van der Waals surface area contributed by atoms with Crippen LogP contribution in [0.15, 0.2) is 28.7 Å². The van der Waals surface area contributed by atoms with Crippen LogP contribution in [0.1, 0.15) is 41.6 Å². The number of thiophene rings is 1. The fourth-order valence-corrected chi connectivity index (χ4v) is 3.80. The molecule has 0 spiro atoms. The van der Waals surface area contributed by atoms with Crippen molar-refractivity contribution in [3.05, 3.63) is 44.7 Å². The van der Waals surface area contributed by atoms with Crippen LogP contribution in [0.4, 0.5) is 5.00 Å². The van der Waals surface area contributed by atoms with Crippen LogP contribution in [0.2, 0.25) is 0 Å². The number of esters is 1. The molecule has 1 heterocycles. The lowest BCUT2D eigenvalue weighted by molar-refractivity contribution is -0.118. The number of halogens is 1. The van der Waals surface area contributed by atoms with Gasteiger partial charge in [0.1, 0.15) is 10.8 Å². The first kappa shape index (κ1) is 20.5. The molecule has 0 saturated heterocycles. The molecule has 1 amide bonds. The molecule has 0 aliphatic carbocycles. The number of carbonyl (C=O) groups excluding carboxylic acids is 2. The van der Waals surface area contributed by atoms with E-state index in [1.807, 2.05) is 25.1 Å². The van der Waals surface area contributed by atoms with Gasteiger partial charge in [-0.05, 0) is 59.5 Å². The Hall–Kier alpha value is -1.86. The second-order valence-electron chi connectivity index (χ2n) is 5.48. The standard InChI is InChI=1S/C19H22BrNO4S/c1-4-12-7-8-16(15(20)9-12)25-11-17(22)21-18-14(19(23)24-6-3)10-13(5-2)26-18/h7-10H,4-6,11H2,1-3H3,(H,21,22). The van der Waals surface area contributed by atoms with E-state index in [-0.39, 0.29) is 19.1 Å². The Balaban J connectivity index is 2.03. The lowest BCUT2D eigenvalue weighted by Crippen LogP contribution is -2.21. The molecule has 0 aliphatic heterocycles. The molecule has 140 valence electrons. The van der Waals surface area contributed by atoms with Crippen LogP contribution >= 0.6 is 27.3 Å². The van der Waals surface area contributed by atoms with E-state index >= 15 is 0 Å². The summed E-state index contributed by atoms with van der Waals surface area (Å²) in [6.45, 7) is 5.95. The maximum absolute atomic E-state index is 12.3. The summed E-state index contributed by atoms with van der Waals surface area (Å²) in [5, 5.41) is 3.25. The van der Waals surface area contributed by atoms with Crippen molar-refractivity contribution in [2.24, 2.45) is 0 Å². The molecule has 0 bridgehead atoms. The Morgan fingerprint density at radius 1 is 1.15 bits per heavy atom. The molecule has 5 nitrogen and oxygen atoms in total. The first-order valence-corrected chi connectivity index (χ1v) is 10.1. The summed E-state index contributed by atoms with van der Waals surface area (Å²) < 4.78 is 11.4. The van der Waals surface area contributed by atoms with E-state index in [4.69, 9.17) is 9.47 Å². The van der Waals surface area contributed by atoms with Gasteiger partial charge in [0.2, 0.25) is 0 Å². The van der Waals surface area contributed by atoms with Crippen LogP contribution in [-0.2, 0) is 22.4 Å². The van der Waals surface area contributed by atoms with Crippen LogP contribution < -0.4 is 10.1 Å². The smallest absolute Gasteiger partial charge is 0.341 e. The summed E-state index contributed by atoms with van der Waals surface area (Å²) in [7, 11) is 0. The van der Waals surface area contributed by atoms with Gasteiger partial charge in [-0.2, -0.15) is 0 Å². The van der Waals surface area contributed by atoms with Gasteiger partial charge in [-0.15, -0.1) is 11.3 Å². The molecular formula is C19H22BrNO4S. The quantitative estimate of drug-likeness (QED) is 0.598. The molecule has 1 N–H and O–H groups in total. The van der Waals surface area contributed by atoms with Crippen molar-refractivity contribution in [1.82, 2.24) is 0 Å². The van der Waals surface area contributed by atoms with Gasteiger partial charge in [-0.25, -0.2) is 4.79 Å². The Bertz CT molecular complexity index is 788. The number of hydrogen-bond donors (Lipinski definition) is 1. The Labute approximate surface area is 165 Å². The van der Waals surface area contributed by atoms with Crippen molar-refractivity contribution in [3.8, 4) is 5.75 Å². The number of rotatable bonds is 8. The number of anilines is 1. The predicted molar refractivity (Wildman–Crippen MR) is 107 cm³/mol. The first-order chi connectivity index (χ1) is 12.5. The number of benzene rings is 1. The second-order valence-corrected chi connectivity index (χ2v) is 7.48. The van der Waals surface area contributed by atoms with Crippen molar-refractivity contribution in [3.63, 3.8) is 0 Å². The third kappa shape index (κ3) is 5.32. The van der Waals surface area contributed by atoms with E-state index in [2.05, 4.69) is 28.2 Å². The third-order valence-electron chi connectivity index (χ3n) is 3.64. The molecular weight excluding hydrogens is 418 g/mol. The monoisotopic (exact) mass is 439 g/mol. The van der Waals surface area contributed by atoms with Gasteiger partial charge in [0, 0.05) is 4.88 Å². The van der Waals surface area contributed by atoms with E-state index < -0.39 is 5.97 Å². The topological polar surface area (TPSA) is 64.6 Å². The van der Waals surface area contributed by atoms with Crippen LogP contribution in [0.3, 0.4) is 0 Å². The molecule has 0 aliphatic rings.